The number of sulfone groups is 1. The average molecular weight is 532 g/mol. The van der Waals surface area contributed by atoms with Crippen LogP contribution in [-0.4, -0.2) is 62.7 Å². The second-order valence-electron chi connectivity index (χ2n) is 8.26. The molecule has 2 amide bonds. The van der Waals surface area contributed by atoms with E-state index in [1.165, 1.54) is 16.2 Å². The number of ether oxygens (including phenoxy) is 2. The van der Waals surface area contributed by atoms with E-state index >= 15 is 0 Å². The van der Waals surface area contributed by atoms with Gasteiger partial charge in [-0.1, -0.05) is 29.5 Å². The summed E-state index contributed by atoms with van der Waals surface area (Å²) in [5.74, 6) is -2.23. The van der Waals surface area contributed by atoms with Crippen molar-refractivity contribution in [3.63, 3.8) is 0 Å². The number of benzene rings is 2. The van der Waals surface area contributed by atoms with E-state index in [4.69, 9.17) is 9.47 Å². The third-order valence-corrected chi connectivity index (χ3v) is 8.14. The van der Waals surface area contributed by atoms with Crippen LogP contribution in [0, 0.1) is 0 Å². The summed E-state index contributed by atoms with van der Waals surface area (Å²) in [6.07, 6.45) is 0.676. The minimum atomic E-state index is -4.00. The number of anilines is 1. The van der Waals surface area contributed by atoms with Gasteiger partial charge in [0.1, 0.15) is 17.3 Å². The Morgan fingerprint density at radius 3 is 2.67 bits per heavy atom. The fourth-order valence-corrected chi connectivity index (χ4v) is 6.33. The Hall–Kier alpha value is -3.02. The maximum Gasteiger partial charge on any atom is 0.263 e. The number of nitrogens with zero attached hydrogens (tertiary/aromatic N) is 3. The average Bonchev–Trinajstić information content (AvgIpc) is 3.40. The highest BCUT2D eigenvalue weighted by Crippen LogP contribution is 2.27. The van der Waals surface area contributed by atoms with Gasteiger partial charge >= 0.3 is 0 Å². The molecular weight excluding hydrogens is 502 g/mol. The minimum absolute atomic E-state index is 0.373. The molecule has 3 aromatic rings. The van der Waals surface area contributed by atoms with Crippen LogP contribution in [0.1, 0.15) is 19.4 Å². The van der Waals surface area contributed by atoms with E-state index in [1.54, 1.807) is 6.07 Å². The SMILES string of the molecule is CCOCCn1c(=NC(=O)CS(=O)(=O)CC(=O)N2CCc3ccccc32)sc2cc(OCC)ccc21. The molecular formula is C25H29N3O6S2. The minimum Gasteiger partial charge on any atom is -0.494 e. The zero-order valence-electron chi connectivity index (χ0n) is 20.3. The number of amides is 2. The largest absolute Gasteiger partial charge is 0.494 e. The summed E-state index contributed by atoms with van der Waals surface area (Å²) in [6, 6.07) is 13.0. The van der Waals surface area contributed by atoms with E-state index in [9.17, 15) is 18.0 Å². The first-order valence-corrected chi connectivity index (χ1v) is 14.4. The van der Waals surface area contributed by atoms with E-state index in [2.05, 4.69) is 4.99 Å². The third kappa shape index (κ3) is 6.03. The molecule has 0 radical (unpaired) electrons. The lowest BCUT2D eigenvalue weighted by Crippen LogP contribution is -2.36. The predicted octanol–water partition coefficient (Wildman–Crippen LogP) is 2.57. The van der Waals surface area contributed by atoms with Crippen LogP contribution in [0.3, 0.4) is 0 Å². The van der Waals surface area contributed by atoms with Gasteiger partial charge in [-0.2, -0.15) is 4.99 Å². The van der Waals surface area contributed by atoms with E-state index in [0.717, 1.165) is 21.5 Å². The molecule has 9 nitrogen and oxygen atoms in total. The molecule has 0 fully saturated rings. The van der Waals surface area contributed by atoms with Crippen LogP contribution in [0.4, 0.5) is 5.69 Å². The van der Waals surface area contributed by atoms with Crippen molar-refractivity contribution < 1.29 is 27.5 Å². The highest BCUT2D eigenvalue weighted by atomic mass is 32.2. The first-order chi connectivity index (χ1) is 17.3. The predicted molar refractivity (Wildman–Crippen MR) is 139 cm³/mol. The quantitative estimate of drug-likeness (QED) is 0.372. The lowest BCUT2D eigenvalue weighted by atomic mass is 10.2. The van der Waals surface area contributed by atoms with Gasteiger partial charge < -0.3 is 18.9 Å². The van der Waals surface area contributed by atoms with Gasteiger partial charge in [-0.3, -0.25) is 9.59 Å². The molecule has 0 saturated heterocycles. The second-order valence-corrected chi connectivity index (χ2v) is 11.3. The van der Waals surface area contributed by atoms with Crippen LogP contribution in [0.5, 0.6) is 5.75 Å². The Bertz CT molecular complexity index is 1440. The van der Waals surface area contributed by atoms with Gasteiger partial charge in [0.25, 0.3) is 5.91 Å². The molecule has 1 aromatic heterocycles. The fourth-order valence-electron chi connectivity index (χ4n) is 4.15. The molecule has 1 aliphatic heterocycles. The molecule has 4 rings (SSSR count). The molecule has 0 bridgehead atoms. The molecule has 0 atom stereocenters. The second kappa shape index (κ2) is 11.4. The lowest BCUT2D eigenvalue weighted by Gasteiger charge is -2.17. The Morgan fingerprint density at radius 2 is 1.89 bits per heavy atom. The van der Waals surface area contributed by atoms with Gasteiger partial charge in [-0.15, -0.1) is 0 Å². The molecule has 1 aliphatic rings. The number of thiazole rings is 1. The van der Waals surface area contributed by atoms with E-state index < -0.39 is 33.2 Å². The van der Waals surface area contributed by atoms with Crippen molar-refractivity contribution in [3.05, 3.63) is 52.8 Å². The maximum atomic E-state index is 12.7. The first-order valence-electron chi connectivity index (χ1n) is 11.8. The molecule has 0 aliphatic carbocycles. The zero-order valence-corrected chi connectivity index (χ0v) is 21.9. The monoisotopic (exact) mass is 531 g/mol. The van der Waals surface area contributed by atoms with Crippen molar-refractivity contribution in [2.45, 2.75) is 26.8 Å². The number of hydrogen-bond acceptors (Lipinski definition) is 7. The van der Waals surface area contributed by atoms with Crippen molar-refractivity contribution in [1.29, 1.82) is 0 Å². The standard InChI is InChI=1S/C25H29N3O6S2/c1-3-33-14-13-28-21-10-9-19(34-4-2)15-22(21)35-25(28)26-23(29)16-36(31,32)17-24(30)27-12-11-18-7-5-6-8-20(18)27/h5-10,15H,3-4,11-14,16-17H2,1-2H3. The van der Waals surface area contributed by atoms with Crippen LogP contribution < -0.4 is 14.4 Å². The van der Waals surface area contributed by atoms with Crippen LogP contribution in [0.25, 0.3) is 10.2 Å². The summed E-state index contributed by atoms with van der Waals surface area (Å²) < 4.78 is 39.2. The van der Waals surface area contributed by atoms with Crippen LogP contribution in [0.2, 0.25) is 0 Å². The zero-order chi connectivity index (χ0) is 25.7. The number of aromatic nitrogens is 1. The summed E-state index contributed by atoms with van der Waals surface area (Å²) in [6.45, 7) is 6.17. The fraction of sp³-hybridized carbons (Fsp3) is 0.400. The molecule has 2 aromatic carbocycles. The Labute approximate surface area is 213 Å². The number of para-hydroxylation sites is 1. The number of fused-ring (bicyclic) bond motifs is 2. The van der Waals surface area contributed by atoms with Gasteiger partial charge in [0.05, 0.1) is 23.4 Å². The van der Waals surface area contributed by atoms with Crippen molar-refractivity contribution in [3.8, 4) is 5.75 Å². The molecule has 0 unspecified atom stereocenters. The third-order valence-electron chi connectivity index (χ3n) is 5.72. The molecule has 2 heterocycles. The summed E-state index contributed by atoms with van der Waals surface area (Å²) in [4.78, 5) is 31.4. The summed E-state index contributed by atoms with van der Waals surface area (Å²) in [7, 11) is -4.00. The Morgan fingerprint density at radius 1 is 1.08 bits per heavy atom. The van der Waals surface area contributed by atoms with Crippen molar-refractivity contribution >= 4 is 48.9 Å². The number of carbonyl (C=O) groups is 2. The van der Waals surface area contributed by atoms with E-state index in [-0.39, 0.29) is 0 Å². The molecule has 192 valence electrons. The van der Waals surface area contributed by atoms with Gasteiger partial charge in [-0.25, -0.2) is 8.42 Å². The number of carbonyl (C=O) groups excluding carboxylic acids is 2. The molecule has 11 heteroatoms. The smallest absolute Gasteiger partial charge is 0.263 e. The van der Waals surface area contributed by atoms with Gasteiger partial charge in [0, 0.05) is 25.4 Å². The Kier molecular flexibility index (Phi) is 8.22. The number of hydrogen-bond donors (Lipinski definition) is 0. The summed E-state index contributed by atoms with van der Waals surface area (Å²) >= 11 is 1.27. The van der Waals surface area contributed by atoms with Crippen molar-refractivity contribution in [2.24, 2.45) is 4.99 Å². The highest BCUT2D eigenvalue weighted by molar-refractivity contribution is 7.92. The first kappa shape index (κ1) is 26.1. The normalized spacial score (nSPS) is 13.8. The van der Waals surface area contributed by atoms with Crippen molar-refractivity contribution in [1.82, 2.24) is 4.57 Å². The molecule has 0 saturated carbocycles. The highest BCUT2D eigenvalue weighted by Gasteiger charge is 2.29. The van der Waals surface area contributed by atoms with Crippen LogP contribution >= 0.6 is 11.3 Å². The summed E-state index contributed by atoms with van der Waals surface area (Å²) in [5.41, 5.74) is 2.57. The van der Waals surface area contributed by atoms with Gasteiger partial charge in [-0.05, 0) is 50.1 Å². The molecule has 36 heavy (non-hydrogen) atoms. The van der Waals surface area contributed by atoms with Crippen molar-refractivity contribution in [2.75, 3.05) is 42.8 Å². The topological polar surface area (TPSA) is 107 Å². The lowest BCUT2D eigenvalue weighted by molar-refractivity contribution is -0.116. The maximum absolute atomic E-state index is 12.7. The Balaban J connectivity index is 1.53. The van der Waals surface area contributed by atoms with E-state index in [1.807, 2.05) is 54.8 Å². The van der Waals surface area contributed by atoms with Crippen LogP contribution in [-0.2, 0) is 37.1 Å². The van der Waals surface area contributed by atoms with Gasteiger partial charge in [0.15, 0.2) is 14.6 Å². The molecule has 0 N–H and O–H groups in total. The van der Waals surface area contributed by atoms with Crippen LogP contribution in [0.15, 0.2) is 47.5 Å². The van der Waals surface area contributed by atoms with E-state index in [0.29, 0.717) is 49.9 Å². The molecule has 0 spiro atoms. The number of rotatable bonds is 10. The summed E-state index contributed by atoms with van der Waals surface area (Å²) in [5, 5.41) is 0. The van der Waals surface area contributed by atoms with Gasteiger partial charge in [0.2, 0.25) is 5.91 Å².